The third-order valence-electron chi connectivity index (χ3n) is 1.80. The Balaban J connectivity index is 2.89. The molecule has 0 radical (unpaired) electrons. The number of ether oxygens (including phenoxy) is 1. The zero-order valence-electron chi connectivity index (χ0n) is 7.73. The van der Waals surface area contributed by atoms with Gasteiger partial charge in [-0.3, -0.25) is 10.2 Å². The van der Waals surface area contributed by atoms with Gasteiger partial charge in [-0.25, -0.2) is 5.84 Å². The number of carbonyl (C=O) groups excluding carboxylic acids is 1. The number of hydrazine groups is 1. The molecule has 0 saturated carbocycles. The van der Waals surface area contributed by atoms with E-state index in [2.05, 4.69) is 0 Å². The molecule has 5 nitrogen and oxygen atoms in total. The van der Waals surface area contributed by atoms with Crippen molar-refractivity contribution in [3.05, 3.63) is 29.8 Å². The predicted octanol–water partition coefficient (Wildman–Crippen LogP) is -0.282. The number of nitrogens with two attached hydrogens (primary N) is 1. The van der Waals surface area contributed by atoms with Gasteiger partial charge in [-0.05, 0) is 17.7 Å². The first-order chi connectivity index (χ1) is 6.69. The molecule has 14 heavy (non-hydrogen) atoms. The van der Waals surface area contributed by atoms with Gasteiger partial charge < -0.3 is 9.84 Å². The van der Waals surface area contributed by atoms with Crippen LogP contribution in [-0.2, 0) is 4.79 Å². The molecule has 0 spiro atoms. The first kappa shape index (κ1) is 10.5. The largest absolute Gasteiger partial charge is 0.497 e. The van der Waals surface area contributed by atoms with E-state index < -0.39 is 12.0 Å². The Morgan fingerprint density at radius 1 is 1.64 bits per heavy atom. The molecule has 0 saturated heterocycles. The highest BCUT2D eigenvalue weighted by molar-refractivity contribution is 5.81. The summed E-state index contributed by atoms with van der Waals surface area (Å²) in [5.74, 6) is 4.81. The number of carbonyl (C=O) groups is 1. The molecule has 0 bridgehead atoms. The standard InChI is InChI=1S/C9H12N2O3/c1-14-7-4-2-3-6(5-7)8(12)9(13)11-10/h2-5,8,12H,10H2,1H3,(H,11,13). The fourth-order valence-electron chi connectivity index (χ4n) is 1.04. The Morgan fingerprint density at radius 3 is 2.93 bits per heavy atom. The summed E-state index contributed by atoms with van der Waals surface area (Å²) in [4.78, 5) is 11.0. The lowest BCUT2D eigenvalue weighted by molar-refractivity contribution is -0.129. The van der Waals surface area contributed by atoms with E-state index in [4.69, 9.17) is 10.6 Å². The quantitative estimate of drug-likeness (QED) is 0.352. The fraction of sp³-hybridized carbons (Fsp3) is 0.222. The summed E-state index contributed by atoms with van der Waals surface area (Å²) >= 11 is 0. The summed E-state index contributed by atoms with van der Waals surface area (Å²) in [6.45, 7) is 0. The molecule has 0 aliphatic rings. The van der Waals surface area contributed by atoms with Gasteiger partial charge in [0.15, 0.2) is 6.10 Å². The van der Waals surface area contributed by atoms with Crippen molar-refractivity contribution < 1.29 is 14.6 Å². The average Bonchev–Trinajstić information content (AvgIpc) is 2.27. The lowest BCUT2D eigenvalue weighted by Gasteiger charge is -2.09. The van der Waals surface area contributed by atoms with Crippen LogP contribution in [-0.4, -0.2) is 18.1 Å². The van der Waals surface area contributed by atoms with Crippen molar-refractivity contribution in [1.29, 1.82) is 0 Å². The molecular formula is C9H12N2O3. The molecule has 1 aromatic rings. The van der Waals surface area contributed by atoms with Crippen LogP contribution in [0.1, 0.15) is 11.7 Å². The summed E-state index contributed by atoms with van der Waals surface area (Å²) in [7, 11) is 1.51. The zero-order chi connectivity index (χ0) is 10.6. The molecule has 1 amide bonds. The third kappa shape index (κ3) is 2.21. The van der Waals surface area contributed by atoms with Crippen molar-refractivity contribution in [3.63, 3.8) is 0 Å². The van der Waals surface area contributed by atoms with Gasteiger partial charge in [0.1, 0.15) is 5.75 Å². The van der Waals surface area contributed by atoms with E-state index in [1.54, 1.807) is 24.3 Å². The first-order valence-electron chi connectivity index (χ1n) is 4.01. The van der Waals surface area contributed by atoms with E-state index in [1.807, 2.05) is 5.43 Å². The van der Waals surface area contributed by atoms with Gasteiger partial charge in [-0.15, -0.1) is 0 Å². The molecule has 0 aliphatic carbocycles. The minimum absolute atomic E-state index is 0.437. The second-order valence-electron chi connectivity index (χ2n) is 2.69. The number of nitrogens with one attached hydrogen (secondary N) is 1. The maximum Gasteiger partial charge on any atom is 0.267 e. The normalized spacial score (nSPS) is 11.9. The number of benzene rings is 1. The van der Waals surface area contributed by atoms with Gasteiger partial charge in [0.2, 0.25) is 0 Å². The van der Waals surface area contributed by atoms with Gasteiger partial charge in [0, 0.05) is 0 Å². The SMILES string of the molecule is COc1cccc(C(O)C(=O)NN)c1. The minimum atomic E-state index is -1.27. The van der Waals surface area contributed by atoms with E-state index in [9.17, 15) is 9.90 Å². The lowest BCUT2D eigenvalue weighted by atomic mass is 10.1. The number of methoxy groups -OCH3 is 1. The zero-order valence-corrected chi connectivity index (χ0v) is 7.73. The average molecular weight is 196 g/mol. The van der Waals surface area contributed by atoms with Gasteiger partial charge >= 0.3 is 0 Å². The van der Waals surface area contributed by atoms with Gasteiger partial charge in [0.25, 0.3) is 5.91 Å². The summed E-state index contributed by atoms with van der Waals surface area (Å²) in [5, 5.41) is 9.46. The van der Waals surface area contributed by atoms with E-state index >= 15 is 0 Å². The number of hydrogen-bond acceptors (Lipinski definition) is 4. The van der Waals surface area contributed by atoms with Gasteiger partial charge in [-0.1, -0.05) is 12.1 Å². The van der Waals surface area contributed by atoms with Crippen LogP contribution in [0.4, 0.5) is 0 Å². The summed E-state index contributed by atoms with van der Waals surface area (Å²) in [6, 6.07) is 6.58. The van der Waals surface area contributed by atoms with Gasteiger partial charge in [0.05, 0.1) is 7.11 Å². The van der Waals surface area contributed by atoms with Crippen molar-refractivity contribution in [2.45, 2.75) is 6.10 Å². The number of amides is 1. The van der Waals surface area contributed by atoms with Crippen LogP contribution in [0.3, 0.4) is 0 Å². The molecule has 1 unspecified atom stereocenters. The van der Waals surface area contributed by atoms with E-state index in [1.165, 1.54) is 7.11 Å². The monoisotopic (exact) mass is 196 g/mol. The highest BCUT2D eigenvalue weighted by Crippen LogP contribution is 2.18. The maximum atomic E-state index is 11.0. The smallest absolute Gasteiger partial charge is 0.267 e. The van der Waals surface area contributed by atoms with Crippen LogP contribution in [0.15, 0.2) is 24.3 Å². The van der Waals surface area contributed by atoms with Crippen molar-refractivity contribution in [3.8, 4) is 5.75 Å². The Kier molecular flexibility index (Phi) is 3.44. The number of aliphatic hydroxyl groups excluding tert-OH is 1. The van der Waals surface area contributed by atoms with E-state index in [0.29, 0.717) is 11.3 Å². The molecular weight excluding hydrogens is 184 g/mol. The Hall–Kier alpha value is -1.59. The number of rotatable bonds is 3. The molecule has 0 aromatic heterocycles. The van der Waals surface area contributed by atoms with Crippen LogP contribution in [0.2, 0.25) is 0 Å². The highest BCUT2D eigenvalue weighted by atomic mass is 16.5. The number of hydrogen-bond donors (Lipinski definition) is 3. The molecule has 1 aromatic carbocycles. The molecule has 5 heteroatoms. The summed E-state index contributed by atoms with van der Waals surface area (Å²) < 4.78 is 4.94. The Morgan fingerprint density at radius 2 is 2.36 bits per heavy atom. The first-order valence-corrected chi connectivity index (χ1v) is 4.01. The molecule has 76 valence electrons. The maximum absolute atomic E-state index is 11.0. The third-order valence-corrected chi connectivity index (χ3v) is 1.80. The summed E-state index contributed by atoms with van der Waals surface area (Å²) in [6.07, 6.45) is -1.27. The highest BCUT2D eigenvalue weighted by Gasteiger charge is 2.16. The van der Waals surface area contributed by atoms with Crippen LogP contribution in [0.25, 0.3) is 0 Å². The second kappa shape index (κ2) is 4.59. The van der Waals surface area contributed by atoms with Gasteiger partial charge in [-0.2, -0.15) is 0 Å². The molecule has 0 fully saturated rings. The molecule has 1 rings (SSSR count). The van der Waals surface area contributed by atoms with Crippen LogP contribution < -0.4 is 16.0 Å². The van der Waals surface area contributed by atoms with Crippen LogP contribution in [0.5, 0.6) is 5.75 Å². The topological polar surface area (TPSA) is 84.6 Å². The second-order valence-corrected chi connectivity index (χ2v) is 2.69. The fourth-order valence-corrected chi connectivity index (χ4v) is 1.04. The van der Waals surface area contributed by atoms with Crippen molar-refractivity contribution in [2.24, 2.45) is 5.84 Å². The summed E-state index contributed by atoms with van der Waals surface area (Å²) in [5.41, 5.74) is 2.31. The number of aliphatic hydroxyl groups is 1. The molecule has 0 heterocycles. The Bertz CT molecular complexity index is 328. The van der Waals surface area contributed by atoms with Crippen LogP contribution >= 0.6 is 0 Å². The molecule has 1 atom stereocenters. The molecule has 4 N–H and O–H groups in total. The van der Waals surface area contributed by atoms with E-state index in [-0.39, 0.29) is 0 Å². The van der Waals surface area contributed by atoms with Crippen molar-refractivity contribution in [1.82, 2.24) is 5.43 Å². The predicted molar refractivity (Wildman–Crippen MR) is 50.3 cm³/mol. The van der Waals surface area contributed by atoms with Crippen LogP contribution in [0, 0.1) is 0 Å². The minimum Gasteiger partial charge on any atom is -0.497 e. The van der Waals surface area contributed by atoms with Crippen molar-refractivity contribution >= 4 is 5.91 Å². The lowest BCUT2D eigenvalue weighted by Crippen LogP contribution is -2.34. The Labute approximate surface area is 81.5 Å². The van der Waals surface area contributed by atoms with Crippen molar-refractivity contribution in [2.75, 3.05) is 7.11 Å². The van der Waals surface area contributed by atoms with E-state index in [0.717, 1.165) is 0 Å². The molecule has 0 aliphatic heterocycles.